The van der Waals surface area contributed by atoms with Crippen molar-refractivity contribution in [2.24, 2.45) is 0 Å². The lowest BCUT2D eigenvalue weighted by molar-refractivity contribution is -0.274. The molecule has 3 aromatic rings. The summed E-state index contributed by atoms with van der Waals surface area (Å²) in [6.07, 6.45) is -4.84. The van der Waals surface area contributed by atoms with Crippen molar-refractivity contribution in [3.05, 3.63) is 95.4 Å². The van der Waals surface area contributed by atoms with Crippen molar-refractivity contribution >= 4 is 28.8 Å². The first kappa shape index (κ1) is 22.1. The molecule has 0 aromatic heterocycles. The molecule has 4 rings (SSSR count). The molecule has 0 bridgehead atoms. The number of nitrogens with one attached hydrogen (secondary N) is 1. The molecule has 2 amide bonds. The Morgan fingerprint density at radius 2 is 1.55 bits per heavy atom. The number of hydrogen-bond donors (Lipinski definition) is 1. The molecule has 0 atom stereocenters. The number of benzene rings is 3. The van der Waals surface area contributed by atoms with Crippen LogP contribution in [-0.2, 0) is 9.59 Å². The smallest absolute Gasteiger partial charge is 0.406 e. The van der Waals surface area contributed by atoms with Crippen LogP contribution in [0.2, 0.25) is 0 Å². The average molecular weight is 456 g/mol. The van der Waals surface area contributed by atoms with Crippen LogP contribution in [0.25, 0.3) is 5.57 Å². The third kappa shape index (κ3) is 4.72. The van der Waals surface area contributed by atoms with Gasteiger partial charge in [0.1, 0.15) is 17.3 Å². The average Bonchev–Trinajstić information content (AvgIpc) is 2.98. The van der Waals surface area contributed by atoms with Gasteiger partial charge in [0.15, 0.2) is 0 Å². The summed E-state index contributed by atoms with van der Waals surface area (Å²) >= 11 is 0. The molecule has 168 valence electrons. The van der Waals surface area contributed by atoms with E-state index in [1.54, 1.807) is 24.3 Å². The quantitative estimate of drug-likeness (QED) is 0.411. The Hall–Kier alpha value is -4.14. The second-order valence-corrected chi connectivity index (χ2v) is 7.24. The zero-order valence-corrected chi connectivity index (χ0v) is 17.1. The molecule has 0 spiro atoms. The van der Waals surface area contributed by atoms with E-state index in [4.69, 9.17) is 0 Å². The van der Waals surface area contributed by atoms with E-state index >= 15 is 0 Å². The fourth-order valence-electron chi connectivity index (χ4n) is 3.37. The maximum atomic E-state index is 13.8. The predicted molar refractivity (Wildman–Crippen MR) is 114 cm³/mol. The molecule has 1 aliphatic heterocycles. The Labute approximate surface area is 185 Å². The number of halogens is 4. The van der Waals surface area contributed by atoms with Gasteiger partial charge in [0.05, 0.1) is 11.3 Å². The third-order valence-electron chi connectivity index (χ3n) is 4.85. The molecule has 0 saturated carbocycles. The molecule has 1 N–H and O–H groups in total. The summed E-state index contributed by atoms with van der Waals surface area (Å²) in [6, 6.07) is 16.7. The molecule has 3 aromatic carbocycles. The van der Waals surface area contributed by atoms with E-state index in [1.807, 2.05) is 6.92 Å². The largest absolute Gasteiger partial charge is 0.573 e. The molecule has 0 aliphatic carbocycles. The molecule has 9 heteroatoms. The second kappa shape index (κ2) is 8.42. The third-order valence-corrected chi connectivity index (χ3v) is 4.85. The maximum Gasteiger partial charge on any atom is 0.573 e. The molecule has 1 aliphatic rings. The number of rotatable bonds is 5. The summed E-state index contributed by atoms with van der Waals surface area (Å²) < 4.78 is 54.8. The highest BCUT2D eigenvalue weighted by Gasteiger charge is 2.40. The van der Waals surface area contributed by atoms with E-state index in [9.17, 15) is 27.2 Å². The van der Waals surface area contributed by atoms with Crippen LogP contribution in [-0.4, -0.2) is 18.2 Å². The van der Waals surface area contributed by atoms with Gasteiger partial charge in [0.25, 0.3) is 11.8 Å². The van der Waals surface area contributed by atoms with Crippen LogP contribution < -0.4 is 15.0 Å². The van der Waals surface area contributed by atoms with Gasteiger partial charge in [-0.05, 0) is 55.0 Å². The van der Waals surface area contributed by atoms with Crippen LogP contribution in [0.15, 0.2) is 78.5 Å². The summed E-state index contributed by atoms with van der Waals surface area (Å²) in [6.45, 7) is 1.86. The lowest BCUT2D eigenvalue weighted by Gasteiger charge is -2.15. The van der Waals surface area contributed by atoms with E-state index in [0.717, 1.165) is 28.7 Å². The van der Waals surface area contributed by atoms with Crippen LogP contribution >= 0.6 is 0 Å². The highest BCUT2D eigenvalue weighted by molar-refractivity contribution is 6.46. The molecule has 0 unspecified atom stereocenters. The first-order valence-electron chi connectivity index (χ1n) is 9.71. The van der Waals surface area contributed by atoms with E-state index in [1.165, 1.54) is 30.3 Å². The minimum atomic E-state index is -4.84. The summed E-state index contributed by atoms with van der Waals surface area (Å²) in [4.78, 5) is 27.3. The van der Waals surface area contributed by atoms with Gasteiger partial charge in [-0.25, -0.2) is 9.29 Å². The molecule has 0 radical (unpaired) electrons. The van der Waals surface area contributed by atoms with E-state index < -0.39 is 29.7 Å². The van der Waals surface area contributed by atoms with Gasteiger partial charge >= 0.3 is 6.36 Å². The standard InChI is InChI=1S/C24H16F4N2O3/c1-14-5-7-15(8-6-14)20-21(29-17-9-11-19(12-10-17)33-24(26,27)28)23(32)30(22(20)31)18-4-2-3-16(25)13-18/h2-13,29H,1H3. The van der Waals surface area contributed by atoms with Crippen LogP contribution in [0, 0.1) is 12.7 Å². The molecular weight excluding hydrogens is 440 g/mol. The number of hydrogen-bond acceptors (Lipinski definition) is 4. The zero-order chi connectivity index (χ0) is 23.8. The van der Waals surface area contributed by atoms with Crippen LogP contribution in [0.1, 0.15) is 11.1 Å². The Bertz CT molecular complexity index is 1250. The molecular formula is C24H16F4N2O3. The molecule has 0 fully saturated rings. The van der Waals surface area contributed by atoms with Crippen LogP contribution in [0.3, 0.4) is 0 Å². The molecule has 1 heterocycles. The summed E-state index contributed by atoms with van der Waals surface area (Å²) in [5.74, 6) is -2.44. The summed E-state index contributed by atoms with van der Waals surface area (Å²) in [7, 11) is 0. The number of carbonyl (C=O) groups is 2. The van der Waals surface area contributed by atoms with Crippen molar-refractivity contribution in [2.45, 2.75) is 13.3 Å². The van der Waals surface area contributed by atoms with Gasteiger partial charge in [-0.2, -0.15) is 0 Å². The summed E-state index contributed by atoms with van der Waals surface area (Å²) in [5, 5.41) is 2.83. The predicted octanol–water partition coefficient (Wildman–Crippen LogP) is 5.43. The number of imide groups is 1. The maximum absolute atomic E-state index is 13.8. The number of nitrogens with zero attached hydrogens (tertiary/aromatic N) is 1. The van der Waals surface area contributed by atoms with E-state index in [2.05, 4.69) is 10.1 Å². The van der Waals surface area contributed by atoms with Crippen molar-refractivity contribution in [3.8, 4) is 5.75 Å². The van der Waals surface area contributed by atoms with Gasteiger partial charge in [0.2, 0.25) is 0 Å². The Balaban J connectivity index is 1.73. The lowest BCUT2D eigenvalue weighted by atomic mass is 10.0. The molecule has 33 heavy (non-hydrogen) atoms. The Morgan fingerprint density at radius 3 is 2.15 bits per heavy atom. The minimum Gasteiger partial charge on any atom is -0.406 e. The van der Waals surface area contributed by atoms with Crippen molar-refractivity contribution in [2.75, 3.05) is 10.2 Å². The second-order valence-electron chi connectivity index (χ2n) is 7.24. The van der Waals surface area contributed by atoms with E-state index in [-0.39, 0.29) is 22.6 Å². The van der Waals surface area contributed by atoms with Gasteiger partial charge in [-0.15, -0.1) is 13.2 Å². The number of aryl methyl sites for hydroxylation is 1. The van der Waals surface area contributed by atoms with Crippen LogP contribution in [0.4, 0.5) is 28.9 Å². The Morgan fingerprint density at radius 1 is 0.879 bits per heavy atom. The number of ether oxygens (including phenoxy) is 1. The van der Waals surface area contributed by atoms with Gasteiger partial charge in [-0.1, -0.05) is 35.9 Å². The fraction of sp³-hybridized carbons (Fsp3) is 0.0833. The number of alkyl halides is 3. The monoisotopic (exact) mass is 456 g/mol. The SMILES string of the molecule is Cc1ccc(C2=C(Nc3ccc(OC(F)(F)F)cc3)C(=O)N(c3cccc(F)c3)C2=O)cc1. The van der Waals surface area contributed by atoms with Crippen molar-refractivity contribution in [3.63, 3.8) is 0 Å². The number of amides is 2. The minimum absolute atomic E-state index is 0.0554. The zero-order valence-electron chi connectivity index (χ0n) is 17.1. The normalized spacial score (nSPS) is 14.2. The van der Waals surface area contributed by atoms with E-state index in [0.29, 0.717) is 5.56 Å². The van der Waals surface area contributed by atoms with Gasteiger partial charge in [-0.3, -0.25) is 9.59 Å². The number of anilines is 2. The van der Waals surface area contributed by atoms with Gasteiger partial charge < -0.3 is 10.1 Å². The summed E-state index contributed by atoms with van der Waals surface area (Å²) in [5.41, 5.74) is 1.68. The first-order valence-corrected chi connectivity index (χ1v) is 9.71. The van der Waals surface area contributed by atoms with Crippen molar-refractivity contribution < 1.29 is 31.9 Å². The fourth-order valence-corrected chi connectivity index (χ4v) is 3.37. The van der Waals surface area contributed by atoms with Gasteiger partial charge in [0, 0.05) is 5.69 Å². The first-order chi connectivity index (χ1) is 15.6. The molecule has 5 nitrogen and oxygen atoms in total. The Kier molecular flexibility index (Phi) is 5.63. The van der Waals surface area contributed by atoms with Crippen molar-refractivity contribution in [1.82, 2.24) is 0 Å². The topological polar surface area (TPSA) is 58.6 Å². The highest BCUT2D eigenvalue weighted by atomic mass is 19.4. The van der Waals surface area contributed by atoms with Crippen LogP contribution in [0.5, 0.6) is 5.75 Å². The number of carbonyl (C=O) groups excluding carboxylic acids is 2. The van der Waals surface area contributed by atoms with Crippen molar-refractivity contribution in [1.29, 1.82) is 0 Å². The highest BCUT2D eigenvalue weighted by Crippen LogP contribution is 2.34. The molecule has 0 saturated heterocycles. The lowest BCUT2D eigenvalue weighted by Crippen LogP contribution is -2.32.